The SMILES string of the molecule is CCOc1cc(N)cc(C(=O)NCC(CC)CC)c1. The molecule has 1 aromatic carbocycles. The van der Waals surface area contributed by atoms with Gasteiger partial charge in [-0.15, -0.1) is 0 Å². The first-order chi connectivity index (χ1) is 9.10. The molecule has 0 unspecified atom stereocenters. The Bertz CT molecular complexity index is 415. The molecular formula is C15H24N2O2. The van der Waals surface area contributed by atoms with Crippen molar-refractivity contribution in [1.82, 2.24) is 5.32 Å². The molecule has 0 heterocycles. The largest absolute Gasteiger partial charge is 0.494 e. The molecule has 0 aliphatic heterocycles. The lowest BCUT2D eigenvalue weighted by Gasteiger charge is -2.14. The molecule has 0 atom stereocenters. The quantitative estimate of drug-likeness (QED) is 0.744. The van der Waals surface area contributed by atoms with Crippen LogP contribution in [0.1, 0.15) is 44.0 Å². The number of carbonyl (C=O) groups excluding carboxylic acids is 1. The molecule has 1 amide bonds. The second kappa shape index (κ2) is 7.67. The summed E-state index contributed by atoms with van der Waals surface area (Å²) in [5.74, 6) is 1.06. The highest BCUT2D eigenvalue weighted by molar-refractivity contribution is 5.95. The molecule has 0 radical (unpaired) electrons. The number of rotatable bonds is 7. The molecule has 19 heavy (non-hydrogen) atoms. The Balaban J connectivity index is 2.70. The number of nitrogens with one attached hydrogen (secondary N) is 1. The number of nitrogens with two attached hydrogens (primary N) is 1. The highest BCUT2D eigenvalue weighted by atomic mass is 16.5. The van der Waals surface area contributed by atoms with Crippen molar-refractivity contribution < 1.29 is 9.53 Å². The normalized spacial score (nSPS) is 10.5. The van der Waals surface area contributed by atoms with Gasteiger partial charge in [0.05, 0.1) is 6.61 Å². The number of hydrogen-bond acceptors (Lipinski definition) is 3. The maximum atomic E-state index is 12.1. The Labute approximate surface area is 115 Å². The number of carbonyl (C=O) groups is 1. The van der Waals surface area contributed by atoms with Crippen LogP contribution in [0.5, 0.6) is 5.75 Å². The molecule has 3 N–H and O–H groups in total. The highest BCUT2D eigenvalue weighted by Gasteiger charge is 2.10. The lowest BCUT2D eigenvalue weighted by molar-refractivity contribution is 0.0946. The molecule has 0 bridgehead atoms. The van der Waals surface area contributed by atoms with Crippen molar-refractivity contribution >= 4 is 11.6 Å². The van der Waals surface area contributed by atoms with Gasteiger partial charge in [-0.3, -0.25) is 4.79 Å². The van der Waals surface area contributed by atoms with Crippen LogP contribution in [0, 0.1) is 5.92 Å². The van der Waals surface area contributed by atoms with Crippen LogP contribution in [0.2, 0.25) is 0 Å². The van der Waals surface area contributed by atoms with Crippen molar-refractivity contribution in [2.24, 2.45) is 5.92 Å². The molecule has 0 saturated carbocycles. The zero-order chi connectivity index (χ0) is 14.3. The van der Waals surface area contributed by atoms with E-state index in [-0.39, 0.29) is 5.91 Å². The number of benzene rings is 1. The van der Waals surface area contributed by atoms with Crippen molar-refractivity contribution in [3.8, 4) is 5.75 Å². The van der Waals surface area contributed by atoms with Gasteiger partial charge in [0.1, 0.15) is 5.75 Å². The minimum Gasteiger partial charge on any atom is -0.494 e. The Kier molecular flexibility index (Phi) is 6.19. The predicted octanol–water partition coefficient (Wildman–Crippen LogP) is 2.83. The van der Waals surface area contributed by atoms with Crippen LogP contribution in [-0.2, 0) is 0 Å². The standard InChI is InChI=1S/C15H24N2O2/c1-4-11(5-2)10-17-15(18)12-7-13(16)9-14(8-12)19-6-3/h7-9,11H,4-6,10,16H2,1-3H3,(H,17,18). The smallest absolute Gasteiger partial charge is 0.251 e. The molecular weight excluding hydrogens is 240 g/mol. The van der Waals surface area contributed by atoms with Crippen LogP contribution in [0.3, 0.4) is 0 Å². The predicted molar refractivity (Wildman–Crippen MR) is 78.4 cm³/mol. The molecule has 4 nitrogen and oxygen atoms in total. The lowest BCUT2D eigenvalue weighted by atomic mass is 10.0. The summed E-state index contributed by atoms with van der Waals surface area (Å²) in [5, 5.41) is 2.95. The monoisotopic (exact) mass is 264 g/mol. The van der Waals surface area contributed by atoms with Gasteiger partial charge in [-0.05, 0) is 25.0 Å². The Morgan fingerprint density at radius 1 is 1.26 bits per heavy atom. The van der Waals surface area contributed by atoms with E-state index in [2.05, 4.69) is 19.2 Å². The number of nitrogen functional groups attached to an aromatic ring is 1. The van der Waals surface area contributed by atoms with Gasteiger partial charge in [0.15, 0.2) is 0 Å². The highest BCUT2D eigenvalue weighted by Crippen LogP contribution is 2.19. The minimum absolute atomic E-state index is 0.0971. The molecule has 0 aromatic heterocycles. The van der Waals surface area contributed by atoms with E-state index in [4.69, 9.17) is 10.5 Å². The summed E-state index contributed by atoms with van der Waals surface area (Å²) >= 11 is 0. The molecule has 1 aromatic rings. The van der Waals surface area contributed by atoms with Gasteiger partial charge < -0.3 is 15.8 Å². The zero-order valence-corrected chi connectivity index (χ0v) is 12.0. The summed E-state index contributed by atoms with van der Waals surface area (Å²) in [7, 11) is 0. The number of hydrogen-bond donors (Lipinski definition) is 2. The maximum absolute atomic E-state index is 12.1. The summed E-state index contributed by atoms with van der Waals surface area (Å²) in [4.78, 5) is 12.1. The zero-order valence-electron chi connectivity index (χ0n) is 12.0. The van der Waals surface area contributed by atoms with E-state index in [1.807, 2.05) is 6.92 Å². The van der Waals surface area contributed by atoms with E-state index in [0.29, 0.717) is 36.1 Å². The van der Waals surface area contributed by atoms with E-state index in [1.165, 1.54) is 0 Å². The average molecular weight is 264 g/mol. The fraction of sp³-hybridized carbons (Fsp3) is 0.533. The third-order valence-corrected chi connectivity index (χ3v) is 3.21. The van der Waals surface area contributed by atoms with Crippen molar-refractivity contribution in [1.29, 1.82) is 0 Å². The van der Waals surface area contributed by atoms with Crippen molar-refractivity contribution in [2.75, 3.05) is 18.9 Å². The van der Waals surface area contributed by atoms with Crippen LogP contribution in [0.4, 0.5) is 5.69 Å². The van der Waals surface area contributed by atoms with Crippen molar-refractivity contribution in [3.05, 3.63) is 23.8 Å². The van der Waals surface area contributed by atoms with Gasteiger partial charge in [-0.1, -0.05) is 26.7 Å². The summed E-state index contributed by atoms with van der Waals surface area (Å²) in [6, 6.07) is 5.12. The minimum atomic E-state index is -0.0971. The second-order valence-electron chi connectivity index (χ2n) is 4.62. The number of anilines is 1. The second-order valence-corrected chi connectivity index (χ2v) is 4.62. The van der Waals surface area contributed by atoms with Gasteiger partial charge in [-0.25, -0.2) is 0 Å². The topological polar surface area (TPSA) is 64.3 Å². The summed E-state index contributed by atoms with van der Waals surface area (Å²) in [6.07, 6.45) is 2.13. The molecule has 0 saturated heterocycles. The first kappa shape index (κ1) is 15.3. The molecule has 0 spiro atoms. The Hall–Kier alpha value is -1.71. The third-order valence-electron chi connectivity index (χ3n) is 3.21. The van der Waals surface area contributed by atoms with Gasteiger partial charge in [0.2, 0.25) is 0 Å². The third kappa shape index (κ3) is 4.81. The van der Waals surface area contributed by atoms with Crippen LogP contribution < -0.4 is 15.8 Å². The average Bonchev–Trinajstić information content (AvgIpc) is 2.39. The van der Waals surface area contributed by atoms with Gasteiger partial charge in [0, 0.05) is 23.9 Å². The summed E-state index contributed by atoms with van der Waals surface area (Å²) < 4.78 is 5.39. The Morgan fingerprint density at radius 2 is 1.95 bits per heavy atom. The fourth-order valence-electron chi connectivity index (χ4n) is 1.92. The van der Waals surface area contributed by atoms with Crippen molar-refractivity contribution in [3.63, 3.8) is 0 Å². The Morgan fingerprint density at radius 3 is 2.53 bits per heavy atom. The van der Waals surface area contributed by atoms with Gasteiger partial charge in [-0.2, -0.15) is 0 Å². The van der Waals surface area contributed by atoms with Gasteiger partial charge in [0.25, 0.3) is 5.91 Å². The molecule has 0 aliphatic rings. The van der Waals surface area contributed by atoms with Crippen LogP contribution in [0.25, 0.3) is 0 Å². The number of ether oxygens (including phenoxy) is 1. The molecule has 1 rings (SSSR count). The first-order valence-corrected chi connectivity index (χ1v) is 6.92. The molecule has 0 fully saturated rings. The lowest BCUT2D eigenvalue weighted by Crippen LogP contribution is -2.29. The fourth-order valence-corrected chi connectivity index (χ4v) is 1.92. The number of amides is 1. The summed E-state index contributed by atoms with van der Waals surface area (Å²) in [6.45, 7) is 7.42. The van der Waals surface area contributed by atoms with Crippen LogP contribution in [0.15, 0.2) is 18.2 Å². The van der Waals surface area contributed by atoms with E-state index in [1.54, 1.807) is 18.2 Å². The maximum Gasteiger partial charge on any atom is 0.251 e. The van der Waals surface area contributed by atoms with Crippen LogP contribution in [-0.4, -0.2) is 19.1 Å². The molecule has 106 valence electrons. The van der Waals surface area contributed by atoms with E-state index in [0.717, 1.165) is 12.8 Å². The van der Waals surface area contributed by atoms with E-state index in [9.17, 15) is 4.79 Å². The van der Waals surface area contributed by atoms with E-state index < -0.39 is 0 Å². The molecule has 4 heteroatoms. The summed E-state index contributed by atoms with van der Waals surface area (Å²) in [5.41, 5.74) is 6.87. The van der Waals surface area contributed by atoms with Gasteiger partial charge >= 0.3 is 0 Å². The van der Waals surface area contributed by atoms with E-state index >= 15 is 0 Å². The molecule has 0 aliphatic carbocycles. The van der Waals surface area contributed by atoms with Crippen molar-refractivity contribution in [2.45, 2.75) is 33.6 Å². The first-order valence-electron chi connectivity index (χ1n) is 6.92. The van der Waals surface area contributed by atoms with Crippen LogP contribution >= 0.6 is 0 Å².